The molecule has 2 aromatic heterocycles. The van der Waals surface area contributed by atoms with Gasteiger partial charge in [-0.1, -0.05) is 27.7 Å². The van der Waals surface area contributed by atoms with Crippen LogP contribution in [0.5, 0.6) is 6.01 Å². The van der Waals surface area contributed by atoms with Gasteiger partial charge in [0.1, 0.15) is 10.8 Å². The zero-order chi connectivity index (χ0) is 15.5. The largest absolute Gasteiger partial charge is 0.463 e. The standard InChI is InChI=1S/C14H19ClN4OS/c1-5-6-20-13-18-10(17-12(15)19-13)7-11-16-9(8-21-11)14(2,3)4/h8H,5-7H2,1-4H3. The molecule has 0 aromatic carbocycles. The van der Waals surface area contributed by atoms with E-state index in [1.54, 1.807) is 11.3 Å². The molecule has 0 unspecified atom stereocenters. The van der Waals surface area contributed by atoms with Crippen LogP contribution in [0.4, 0.5) is 0 Å². The summed E-state index contributed by atoms with van der Waals surface area (Å²) < 4.78 is 5.41. The first kappa shape index (κ1) is 16.1. The van der Waals surface area contributed by atoms with E-state index in [4.69, 9.17) is 16.3 Å². The zero-order valence-corrected chi connectivity index (χ0v) is 14.3. The van der Waals surface area contributed by atoms with E-state index in [1.165, 1.54) is 0 Å². The summed E-state index contributed by atoms with van der Waals surface area (Å²) >= 11 is 7.52. The molecular weight excluding hydrogens is 308 g/mol. The quantitative estimate of drug-likeness (QED) is 0.839. The molecule has 7 heteroatoms. The van der Waals surface area contributed by atoms with Crippen LogP contribution in [0.2, 0.25) is 5.28 Å². The normalized spacial score (nSPS) is 11.7. The average Bonchev–Trinajstić information content (AvgIpc) is 2.84. The van der Waals surface area contributed by atoms with Gasteiger partial charge in [0.25, 0.3) is 0 Å². The molecule has 0 saturated heterocycles. The Morgan fingerprint density at radius 3 is 2.57 bits per heavy atom. The zero-order valence-electron chi connectivity index (χ0n) is 12.7. The summed E-state index contributed by atoms with van der Waals surface area (Å²) in [4.78, 5) is 17.0. The molecule has 0 bridgehead atoms. The fraction of sp³-hybridized carbons (Fsp3) is 0.571. The van der Waals surface area contributed by atoms with Crippen molar-refractivity contribution in [1.29, 1.82) is 0 Å². The highest BCUT2D eigenvalue weighted by molar-refractivity contribution is 7.09. The van der Waals surface area contributed by atoms with Crippen molar-refractivity contribution >= 4 is 22.9 Å². The highest BCUT2D eigenvalue weighted by atomic mass is 35.5. The predicted octanol–water partition coefficient (Wildman–Crippen LogP) is 3.66. The number of rotatable bonds is 5. The maximum Gasteiger partial charge on any atom is 0.320 e. The van der Waals surface area contributed by atoms with E-state index in [-0.39, 0.29) is 16.7 Å². The molecule has 21 heavy (non-hydrogen) atoms. The van der Waals surface area contributed by atoms with E-state index >= 15 is 0 Å². The SMILES string of the molecule is CCCOc1nc(Cl)nc(Cc2nc(C(C)(C)C)cs2)n1. The van der Waals surface area contributed by atoms with Crippen molar-refractivity contribution in [2.45, 2.75) is 46.0 Å². The molecule has 0 fully saturated rings. The van der Waals surface area contributed by atoms with Crippen LogP contribution in [0.1, 0.15) is 50.6 Å². The fourth-order valence-corrected chi connectivity index (χ4v) is 2.77. The van der Waals surface area contributed by atoms with Crippen molar-refractivity contribution < 1.29 is 4.74 Å². The minimum Gasteiger partial charge on any atom is -0.463 e. The highest BCUT2D eigenvalue weighted by Crippen LogP contribution is 2.25. The Morgan fingerprint density at radius 2 is 1.95 bits per heavy atom. The van der Waals surface area contributed by atoms with Gasteiger partial charge in [-0.15, -0.1) is 11.3 Å². The first-order chi connectivity index (χ1) is 9.88. The first-order valence-corrected chi connectivity index (χ1v) is 8.12. The van der Waals surface area contributed by atoms with Crippen LogP contribution in [-0.2, 0) is 11.8 Å². The van der Waals surface area contributed by atoms with Crippen LogP contribution in [0.25, 0.3) is 0 Å². The lowest BCUT2D eigenvalue weighted by atomic mass is 9.93. The predicted molar refractivity (Wildman–Crippen MR) is 84.2 cm³/mol. The molecule has 0 spiro atoms. The van der Waals surface area contributed by atoms with Crippen LogP contribution in [0, 0.1) is 0 Å². The molecule has 0 saturated carbocycles. The van der Waals surface area contributed by atoms with Crippen molar-refractivity contribution in [2.75, 3.05) is 6.61 Å². The number of nitrogens with zero attached hydrogens (tertiary/aromatic N) is 4. The van der Waals surface area contributed by atoms with Crippen LogP contribution in [0.15, 0.2) is 5.38 Å². The Labute approximate surface area is 133 Å². The molecule has 0 amide bonds. The van der Waals surface area contributed by atoms with Crippen molar-refractivity contribution in [3.05, 3.63) is 27.2 Å². The molecule has 0 aliphatic heterocycles. The van der Waals surface area contributed by atoms with Gasteiger partial charge in [-0.2, -0.15) is 9.97 Å². The van der Waals surface area contributed by atoms with Gasteiger partial charge in [0.15, 0.2) is 0 Å². The van der Waals surface area contributed by atoms with Gasteiger partial charge in [0.05, 0.1) is 18.7 Å². The second kappa shape index (κ2) is 6.66. The van der Waals surface area contributed by atoms with Gasteiger partial charge in [-0.05, 0) is 18.0 Å². The van der Waals surface area contributed by atoms with E-state index in [2.05, 4.69) is 46.1 Å². The van der Waals surface area contributed by atoms with Crippen LogP contribution < -0.4 is 4.74 Å². The number of thiazole rings is 1. The summed E-state index contributed by atoms with van der Waals surface area (Å²) in [5.74, 6) is 0.580. The lowest BCUT2D eigenvalue weighted by Gasteiger charge is -2.14. The van der Waals surface area contributed by atoms with E-state index in [0.29, 0.717) is 18.9 Å². The van der Waals surface area contributed by atoms with Gasteiger partial charge in [-0.3, -0.25) is 0 Å². The van der Waals surface area contributed by atoms with E-state index < -0.39 is 0 Å². The summed E-state index contributed by atoms with van der Waals surface area (Å²) in [7, 11) is 0. The number of hydrogen-bond donors (Lipinski definition) is 0. The summed E-state index contributed by atoms with van der Waals surface area (Å²) in [6.45, 7) is 9.01. The molecule has 0 aliphatic carbocycles. The molecule has 114 valence electrons. The highest BCUT2D eigenvalue weighted by Gasteiger charge is 2.18. The Kier molecular flexibility index (Phi) is 5.11. The second-order valence-corrected chi connectivity index (χ2v) is 6.99. The Hall–Kier alpha value is -1.27. The van der Waals surface area contributed by atoms with Gasteiger partial charge in [-0.25, -0.2) is 9.97 Å². The summed E-state index contributed by atoms with van der Waals surface area (Å²) in [5, 5.41) is 3.19. The Balaban J connectivity index is 2.15. The number of halogens is 1. The van der Waals surface area contributed by atoms with Crippen LogP contribution in [-0.4, -0.2) is 26.5 Å². The van der Waals surface area contributed by atoms with Gasteiger partial charge in [0.2, 0.25) is 5.28 Å². The molecule has 2 aromatic rings. The monoisotopic (exact) mass is 326 g/mol. The molecule has 0 atom stereocenters. The Bertz CT molecular complexity index is 609. The first-order valence-electron chi connectivity index (χ1n) is 6.86. The molecule has 5 nitrogen and oxygen atoms in total. The maximum absolute atomic E-state index is 5.91. The van der Waals surface area contributed by atoms with Crippen LogP contribution >= 0.6 is 22.9 Å². The number of ether oxygens (including phenoxy) is 1. The third kappa shape index (κ3) is 4.61. The topological polar surface area (TPSA) is 60.8 Å². The van der Waals surface area contributed by atoms with Gasteiger partial charge in [0, 0.05) is 10.8 Å². The van der Waals surface area contributed by atoms with Gasteiger partial charge < -0.3 is 4.74 Å². The minimum absolute atomic E-state index is 0.0426. The van der Waals surface area contributed by atoms with Crippen molar-refractivity contribution in [1.82, 2.24) is 19.9 Å². The maximum atomic E-state index is 5.91. The molecular formula is C14H19ClN4OS. The molecule has 0 radical (unpaired) electrons. The fourth-order valence-electron chi connectivity index (χ4n) is 1.58. The second-order valence-electron chi connectivity index (χ2n) is 5.70. The third-order valence-corrected chi connectivity index (χ3v) is 3.72. The summed E-state index contributed by atoms with van der Waals surface area (Å²) in [6, 6.07) is 0.277. The molecule has 0 aliphatic rings. The lowest BCUT2D eigenvalue weighted by Crippen LogP contribution is -2.11. The molecule has 0 N–H and O–H groups in total. The average molecular weight is 327 g/mol. The lowest BCUT2D eigenvalue weighted by molar-refractivity contribution is 0.290. The van der Waals surface area contributed by atoms with E-state index in [1.807, 2.05) is 6.92 Å². The van der Waals surface area contributed by atoms with E-state index in [0.717, 1.165) is 17.1 Å². The third-order valence-electron chi connectivity index (χ3n) is 2.70. The van der Waals surface area contributed by atoms with Crippen molar-refractivity contribution in [2.24, 2.45) is 0 Å². The van der Waals surface area contributed by atoms with Crippen molar-refractivity contribution in [3.63, 3.8) is 0 Å². The smallest absolute Gasteiger partial charge is 0.320 e. The minimum atomic E-state index is 0.0426. The van der Waals surface area contributed by atoms with E-state index in [9.17, 15) is 0 Å². The number of aromatic nitrogens is 4. The summed E-state index contributed by atoms with van der Waals surface area (Å²) in [5.41, 5.74) is 1.12. The summed E-state index contributed by atoms with van der Waals surface area (Å²) in [6.07, 6.45) is 1.42. The van der Waals surface area contributed by atoms with Gasteiger partial charge >= 0.3 is 6.01 Å². The van der Waals surface area contributed by atoms with Crippen LogP contribution in [0.3, 0.4) is 0 Å². The Morgan fingerprint density at radius 1 is 1.19 bits per heavy atom. The molecule has 2 heterocycles. The molecule has 2 rings (SSSR count). The number of hydrogen-bond acceptors (Lipinski definition) is 6. The van der Waals surface area contributed by atoms with Crippen molar-refractivity contribution in [3.8, 4) is 6.01 Å².